The fourth-order valence-corrected chi connectivity index (χ4v) is 8.38. The second-order valence-corrected chi connectivity index (χ2v) is 13.7. The monoisotopic (exact) mass is 525 g/mol. The largest absolute Gasteiger partial charge is 0.326 e. The Labute approximate surface area is 201 Å². The molecule has 8 nitrogen and oxygen atoms in total. The molecule has 2 heterocycles. The second kappa shape index (κ2) is 9.34. The smallest absolute Gasteiger partial charge is 0.244 e. The zero-order chi connectivity index (χ0) is 23.8. The molecule has 3 aromatic rings. The lowest BCUT2D eigenvalue weighted by molar-refractivity contribution is -0.120. The fraction of sp³-hybridized carbons (Fsp3) is 0.333. The Bertz CT molecular complexity index is 1410. The van der Waals surface area contributed by atoms with Crippen LogP contribution in [-0.2, 0) is 24.7 Å². The summed E-state index contributed by atoms with van der Waals surface area (Å²) < 4.78 is 53.6. The molecule has 1 amide bonds. The van der Waals surface area contributed by atoms with Gasteiger partial charge in [0, 0.05) is 31.0 Å². The van der Waals surface area contributed by atoms with E-state index in [9.17, 15) is 21.6 Å². The number of thiazole rings is 1. The summed E-state index contributed by atoms with van der Waals surface area (Å²) in [6.07, 6.45) is 3.66. The maximum atomic E-state index is 13.1. The zero-order valence-electron chi connectivity index (χ0n) is 18.0. The second-order valence-electron chi connectivity index (χ2n) is 7.75. The Morgan fingerprint density at radius 1 is 1.09 bits per heavy atom. The van der Waals surface area contributed by atoms with Gasteiger partial charge >= 0.3 is 0 Å². The van der Waals surface area contributed by atoms with Crippen molar-refractivity contribution in [3.05, 3.63) is 42.5 Å². The number of nitrogens with one attached hydrogen (secondary N) is 1. The molecule has 1 aliphatic heterocycles. The highest BCUT2D eigenvalue weighted by molar-refractivity contribution is 8.00. The van der Waals surface area contributed by atoms with Crippen molar-refractivity contribution in [3.63, 3.8) is 0 Å². The maximum absolute atomic E-state index is 13.1. The molecular formula is C21H23N3O5S4. The highest BCUT2D eigenvalue weighted by Gasteiger charge is 2.34. The van der Waals surface area contributed by atoms with E-state index in [2.05, 4.69) is 10.3 Å². The average Bonchev–Trinajstić information content (AvgIpc) is 3.21. The third-order valence-electron chi connectivity index (χ3n) is 5.50. The lowest BCUT2D eigenvalue weighted by atomic mass is 9.97. The fourth-order valence-electron chi connectivity index (χ4n) is 3.78. The molecule has 0 bridgehead atoms. The number of aromatic nitrogens is 1. The van der Waals surface area contributed by atoms with Gasteiger partial charge in [-0.25, -0.2) is 21.8 Å². The van der Waals surface area contributed by atoms with E-state index in [-0.39, 0.29) is 34.7 Å². The van der Waals surface area contributed by atoms with Crippen LogP contribution in [0.2, 0.25) is 0 Å². The summed E-state index contributed by atoms with van der Waals surface area (Å²) in [5, 5.41) is 2.93. The van der Waals surface area contributed by atoms with Crippen molar-refractivity contribution in [1.29, 1.82) is 0 Å². The first-order valence-corrected chi connectivity index (χ1v) is 15.5. The molecule has 2 aromatic carbocycles. The van der Waals surface area contributed by atoms with Gasteiger partial charge < -0.3 is 5.32 Å². The quantitative estimate of drug-likeness (QED) is 0.490. The number of sulfone groups is 1. The van der Waals surface area contributed by atoms with Crippen molar-refractivity contribution in [2.24, 2.45) is 5.92 Å². The van der Waals surface area contributed by atoms with E-state index in [0.717, 1.165) is 20.8 Å². The van der Waals surface area contributed by atoms with Crippen LogP contribution < -0.4 is 5.32 Å². The van der Waals surface area contributed by atoms with Gasteiger partial charge in [-0.3, -0.25) is 4.79 Å². The van der Waals surface area contributed by atoms with Crippen molar-refractivity contribution < 1.29 is 21.6 Å². The topological polar surface area (TPSA) is 114 Å². The van der Waals surface area contributed by atoms with Crippen molar-refractivity contribution in [1.82, 2.24) is 9.29 Å². The van der Waals surface area contributed by atoms with Gasteiger partial charge in [-0.05, 0) is 49.4 Å². The predicted octanol–water partition coefficient (Wildman–Crippen LogP) is 3.46. The van der Waals surface area contributed by atoms with Crippen LogP contribution in [-0.4, -0.2) is 57.6 Å². The van der Waals surface area contributed by atoms with Crippen LogP contribution in [0.3, 0.4) is 0 Å². The van der Waals surface area contributed by atoms with Crippen LogP contribution in [0.15, 0.2) is 56.6 Å². The summed E-state index contributed by atoms with van der Waals surface area (Å²) in [6, 6.07) is 11.2. The summed E-state index contributed by atoms with van der Waals surface area (Å²) in [5.74, 6) is -0.488. The maximum Gasteiger partial charge on any atom is 0.244 e. The van der Waals surface area contributed by atoms with Gasteiger partial charge in [-0.15, -0.1) is 11.3 Å². The van der Waals surface area contributed by atoms with E-state index in [1.807, 2.05) is 24.5 Å². The Morgan fingerprint density at radius 2 is 1.76 bits per heavy atom. The number of piperidine rings is 1. The number of thioether (sulfide) groups is 1. The first-order chi connectivity index (χ1) is 15.6. The van der Waals surface area contributed by atoms with Crippen molar-refractivity contribution in [3.8, 4) is 0 Å². The van der Waals surface area contributed by atoms with Gasteiger partial charge in [0.2, 0.25) is 15.9 Å². The van der Waals surface area contributed by atoms with Crippen molar-refractivity contribution >= 4 is 64.8 Å². The van der Waals surface area contributed by atoms with Crippen molar-refractivity contribution in [2.45, 2.75) is 27.0 Å². The number of hydrogen-bond donors (Lipinski definition) is 1. The molecule has 4 rings (SSSR count). The van der Waals surface area contributed by atoms with Gasteiger partial charge in [-0.1, -0.05) is 23.9 Å². The minimum Gasteiger partial charge on any atom is -0.326 e. The summed E-state index contributed by atoms with van der Waals surface area (Å²) in [4.78, 5) is 16.9. The minimum atomic E-state index is -3.99. The molecular weight excluding hydrogens is 503 g/mol. The summed E-state index contributed by atoms with van der Waals surface area (Å²) in [7, 11) is -7.70. The number of benzene rings is 2. The molecule has 1 N–H and O–H groups in total. The SMILES string of the molecule is CSc1nc2ccc(NC(=O)C3CCN(S(=O)(=O)c4ccccc4S(C)(=O)=O)CC3)cc2s1. The number of amides is 1. The minimum absolute atomic E-state index is 0.142. The first-order valence-electron chi connectivity index (χ1n) is 10.1. The first kappa shape index (κ1) is 24.1. The molecule has 1 fully saturated rings. The number of anilines is 1. The van der Waals surface area contributed by atoms with Crippen LogP contribution >= 0.6 is 23.1 Å². The molecule has 1 aliphatic rings. The number of hydrogen-bond acceptors (Lipinski definition) is 8. The molecule has 0 spiro atoms. The number of rotatable bonds is 6. The molecule has 176 valence electrons. The molecule has 1 aromatic heterocycles. The molecule has 0 radical (unpaired) electrons. The van der Waals surface area contributed by atoms with Crippen LogP contribution in [0.1, 0.15) is 12.8 Å². The van der Waals surface area contributed by atoms with Gasteiger partial charge in [0.25, 0.3) is 0 Å². The molecule has 33 heavy (non-hydrogen) atoms. The highest BCUT2D eigenvalue weighted by Crippen LogP contribution is 2.31. The van der Waals surface area contributed by atoms with Crippen molar-refractivity contribution in [2.75, 3.05) is 30.9 Å². The van der Waals surface area contributed by atoms with E-state index in [4.69, 9.17) is 0 Å². The van der Waals surface area contributed by atoms with E-state index < -0.39 is 19.9 Å². The predicted molar refractivity (Wildman–Crippen MR) is 131 cm³/mol. The van der Waals surface area contributed by atoms with E-state index in [1.165, 1.54) is 28.6 Å². The Kier molecular flexibility index (Phi) is 6.83. The Hall–Kier alpha value is -1.99. The number of carbonyl (C=O) groups excluding carboxylic acids is 1. The number of fused-ring (bicyclic) bond motifs is 1. The van der Waals surface area contributed by atoms with E-state index >= 15 is 0 Å². The molecule has 0 aliphatic carbocycles. The van der Waals surface area contributed by atoms with Gasteiger partial charge in [-0.2, -0.15) is 4.31 Å². The van der Waals surface area contributed by atoms with Gasteiger partial charge in [0.15, 0.2) is 14.2 Å². The average molecular weight is 526 g/mol. The van der Waals surface area contributed by atoms with E-state index in [0.29, 0.717) is 18.5 Å². The molecule has 1 saturated heterocycles. The van der Waals surface area contributed by atoms with Crippen LogP contribution in [0.5, 0.6) is 0 Å². The molecule has 0 saturated carbocycles. The number of carbonyl (C=O) groups is 1. The normalized spacial score (nSPS) is 16.2. The lowest BCUT2D eigenvalue weighted by Gasteiger charge is -2.31. The Morgan fingerprint density at radius 3 is 2.39 bits per heavy atom. The number of nitrogens with zero attached hydrogens (tertiary/aromatic N) is 2. The van der Waals surface area contributed by atoms with Gasteiger partial charge in [0.05, 0.1) is 15.1 Å². The third-order valence-corrected chi connectivity index (χ3v) is 10.7. The highest BCUT2D eigenvalue weighted by atomic mass is 32.2. The van der Waals surface area contributed by atoms with Crippen LogP contribution in [0, 0.1) is 5.92 Å². The van der Waals surface area contributed by atoms with E-state index in [1.54, 1.807) is 23.1 Å². The molecule has 0 unspecified atom stereocenters. The lowest BCUT2D eigenvalue weighted by Crippen LogP contribution is -2.41. The summed E-state index contributed by atoms with van der Waals surface area (Å²) in [5.41, 5.74) is 1.57. The Balaban J connectivity index is 1.44. The molecule has 0 atom stereocenters. The van der Waals surface area contributed by atoms with Gasteiger partial charge in [0.1, 0.15) is 4.90 Å². The van der Waals surface area contributed by atoms with Crippen LogP contribution in [0.25, 0.3) is 10.2 Å². The zero-order valence-corrected chi connectivity index (χ0v) is 21.3. The van der Waals surface area contributed by atoms with Crippen LogP contribution in [0.4, 0.5) is 5.69 Å². The third kappa shape index (κ3) is 5.09. The molecule has 12 heteroatoms. The standard InChI is InChI=1S/C21H23N3O5S4/c1-30-21-23-16-8-7-15(13-17(16)31-21)22-20(25)14-9-11-24(12-10-14)33(28,29)19-6-4-3-5-18(19)32(2,26)27/h3-8,13-14H,9-12H2,1-2H3,(H,22,25). The summed E-state index contributed by atoms with van der Waals surface area (Å²) in [6.45, 7) is 0.285. The summed E-state index contributed by atoms with van der Waals surface area (Å²) >= 11 is 3.13. The number of sulfonamides is 1.